The molecule has 0 saturated heterocycles. The van der Waals surface area contributed by atoms with Gasteiger partial charge in [0.1, 0.15) is 6.10 Å². The van der Waals surface area contributed by atoms with Crippen LogP contribution in [0.1, 0.15) is 64.2 Å². The van der Waals surface area contributed by atoms with Crippen molar-refractivity contribution in [1.82, 2.24) is 0 Å². The van der Waals surface area contributed by atoms with E-state index in [1.54, 1.807) is 6.08 Å². The highest BCUT2D eigenvalue weighted by Gasteiger charge is 2.13. The van der Waals surface area contributed by atoms with Crippen molar-refractivity contribution < 1.29 is 9.53 Å². The summed E-state index contributed by atoms with van der Waals surface area (Å²) in [6.07, 6.45) is 13.2. The van der Waals surface area contributed by atoms with Gasteiger partial charge < -0.3 is 4.74 Å². The van der Waals surface area contributed by atoms with Crippen LogP contribution in [0.2, 0.25) is 0 Å². The molecule has 1 rings (SSSR count). The van der Waals surface area contributed by atoms with Crippen LogP contribution < -0.4 is 0 Å². The molecule has 0 atom stereocenters. The van der Waals surface area contributed by atoms with Gasteiger partial charge in [-0.15, -0.1) is 6.58 Å². The van der Waals surface area contributed by atoms with E-state index in [-0.39, 0.29) is 12.1 Å². The molecule has 92 valence electrons. The van der Waals surface area contributed by atoms with Crippen LogP contribution in [0.5, 0.6) is 0 Å². The Balaban J connectivity index is 2.29. The molecule has 1 saturated carbocycles. The zero-order valence-corrected chi connectivity index (χ0v) is 10.2. The van der Waals surface area contributed by atoms with E-state index in [2.05, 4.69) is 6.58 Å². The zero-order valence-electron chi connectivity index (χ0n) is 10.2. The Morgan fingerprint density at radius 1 is 1.06 bits per heavy atom. The van der Waals surface area contributed by atoms with E-state index in [1.807, 2.05) is 0 Å². The summed E-state index contributed by atoms with van der Waals surface area (Å²) >= 11 is 0. The van der Waals surface area contributed by atoms with Gasteiger partial charge in [0.2, 0.25) is 0 Å². The number of ether oxygens (including phenoxy) is 1. The van der Waals surface area contributed by atoms with E-state index in [9.17, 15) is 4.79 Å². The van der Waals surface area contributed by atoms with Crippen LogP contribution in [0.3, 0.4) is 0 Å². The van der Waals surface area contributed by atoms with Gasteiger partial charge in [-0.3, -0.25) is 4.79 Å². The molecule has 0 unspecified atom stereocenters. The van der Waals surface area contributed by atoms with Crippen molar-refractivity contribution in [2.24, 2.45) is 0 Å². The fourth-order valence-corrected chi connectivity index (χ4v) is 2.24. The summed E-state index contributed by atoms with van der Waals surface area (Å²) in [7, 11) is 0. The average Bonchev–Trinajstić information content (AvgIpc) is 2.27. The lowest BCUT2D eigenvalue weighted by Gasteiger charge is -2.18. The summed E-state index contributed by atoms with van der Waals surface area (Å²) in [5.41, 5.74) is 0. The molecule has 0 aromatic carbocycles. The molecule has 1 aliphatic carbocycles. The molecule has 0 N–H and O–H groups in total. The average molecular weight is 224 g/mol. The van der Waals surface area contributed by atoms with E-state index in [0.29, 0.717) is 6.42 Å². The molecule has 2 nitrogen and oxygen atoms in total. The van der Waals surface area contributed by atoms with Crippen LogP contribution >= 0.6 is 0 Å². The van der Waals surface area contributed by atoms with Crippen molar-refractivity contribution in [3.8, 4) is 0 Å². The second-order valence-electron chi connectivity index (χ2n) is 4.66. The van der Waals surface area contributed by atoms with E-state index in [1.165, 1.54) is 44.9 Å². The van der Waals surface area contributed by atoms with E-state index in [0.717, 1.165) is 12.8 Å². The smallest absolute Gasteiger partial charge is 0.309 e. The summed E-state index contributed by atoms with van der Waals surface area (Å²) in [6, 6.07) is 0. The Labute approximate surface area is 99.1 Å². The van der Waals surface area contributed by atoms with Gasteiger partial charge in [0, 0.05) is 0 Å². The Morgan fingerprint density at radius 3 is 2.06 bits per heavy atom. The van der Waals surface area contributed by atoms with E-state index < -0.39 is 0 Å². The molecule has 0 radical (unpaired) electrons. The molecule has 0 aromatic heterocycles. The van der Waals surface area contributed by atoms with Crippen molar-refractivity contribution in [3.63, 3.8) is 0 Å². The van der Waals surface area contributed by atoms with Crippen LogP contribution in [0.15, 0.2) is 12.7 Å². The van der Waals surface area contributed by atoms with Crippen LogP contribution in [-0.2, 0) is 9.53 Å². The summed E-state index contributed by atoms with van der Waals surface area (Å²) in [6.45, 7) is 3.55. The summed E-state index contributed by atoms with van der Waals surface area (Å²) in [5.74, 6) is -0.114. The molecule has 1 fully saturated rings. The number of rotatable bonds is 3. The summed E-state index contributed by atoms with van der Waals surface area (Å²) in [4.78, 5) is 11.4. The molecule has 0 amide bonds. The maximum atomic E-state index is 11.4. The van der Waals surface area contributed by atoms with Crippen molar-refractivity contribution in [1.29, 1.82) is 0 Å². The van der Waals surface area contributed by atoms with Crippen molar-refractivity contribution in [2.75, 3.05) is 0 Å². The summed E-state index contributed by atoms with van der Waals surface area (Å²) in [5, 5.41) is 0. The minimum absolute atomic E-state index is 0.114. The monoisotopic (exact) mass is 224 g/mol. The number of carbonyl (C=O) groups is 1. The number of hydrogen-bond acceptors (Lipinski definition) is 2. The Bertz CT molecular complexity index is 201. The Morgan fingerprint density at radius 2 is 1.56 bits per heavy atom. The standard InChI is InChI=1S/C14H24O2/c1-2-10-14(15)16-13-11-8-6-4-3-5-7-9-12-13/h2,13H,1,3-12H2. The van der Waals surface area contributed by atoms with Gasteiger partial charge in [-0.05, 0) is 25.7 Å². The molecular weight excluding hydrogens is 200 g/mol. The minimum atomic E-state index is -0.114. The van der Waals surface area contributed by atoms with Gasteiger partial charge in [0.05, 0.1) is 6.42 Å². The van der Waals surface area contributed by atoms with Gasteiger partial charge in [-0.1, -0.05) is 38.2 Å². The second-order valence-corrected chi connectivity index (χ2v) is 4.66. The fraction of sp³-hybridized carbons (Fsp3) is 0.786. The van der Waals surface area contributed by atoms with Crippen LogP contribution in [0.4, 0.5) is 0 Å². The Hall–Kier alpha value is -0.790. The lowest BCUT2D eigenvalue weighted by Crippen LogP contribution is -2.18. The number of hydrogen-bond donors (Lipinski definition) is 0. The van der Waals surface area contributed by atoms with Gasteiger partial charge >= 0.3 is 5.97 Å². The van der Waals surface area contributed by atoms with Gasteiger partial charge in [0.15, 0.2) is 0 Å². The van der Waals surface area contributed by atoms with E-state index in [4.69, 9.17) is 4.74 Å². The first-order valence-electron chi connectivity index (χ1n) is 6.63. The number of carbonyl (C=O) groups excluding carboxylic acids is 1. The normalized spacial score (nSPS) is 20.0. The molecule has 0 bridgehead atoms. The first kappa shape index (κ1) is 13.3. The van der Waals surface area contributed by atoms with Crippen molar-refractivity contribution >= 4 is 5.97 Å². The highest BCUT2D eigenvalue weighted by molar-refractivity contribution is 5.71. The van der Waals surface area contributed by atoms with Gasteiger partial charge in [-0.2, -0.15) is 0 Å². The SMILES string of the molecule is C=CCC(=O)OC1CCCCCCCCC1. The second kappa shape index (κ2) is 8.37. The van der Waals surface area contributed by atoms with Crippen LogP contribution in [-0.4, -0.2) is 12.1 Å². The molecule has 16 heavy (non-hydrogen) atoms. The molecule has 2 heteroatoms. The maximum Gasteiger partial charge on any atom is 0.309 e. The van der Waals surface area contributed by atoms with E-state index >= 15 is 0 Å². The van der Waals surface area contributed by atoms with Crippen LogP contribution in [0.25, 0.3) is 0 Å². The first-order valence-corrected chi connectivity index (χ1v) is 6.63. The third kappa shape index (κ3) is 5.94. The lowest BCUT2D eigenvalue weighted by atomic mass is 9.99. The number of esters is 1. The third-order valence-corrected chi connectivity index (χ3v) is 3.16. The van der Waals surface area contributed by atoms with Gasteiger partial charge in [-0.25, -0.2) is 0 Å². The lowest BCUT2D eigenvalue weighted by molar-refractivity contribution is -0.148. The van der Waals surface area contributed by atoms with Crippen LogP contribution in [0, 0.1) is 0 Å². The Kier molecular flexibility index (Phi) is 6.95. The predicted octanol–water partition coefficient (Wildman–Crippen LogP) is 4.00. The third-order valence-electron chi connectivity index (χ3n) is 3.16. The molecule has 1 aliphatic rings. The molecule has 0 spiro atoms. The van der Waals surface area contributed by atoms with Gasteiger partial charge in [0.25, 0.3) is 0 Å². The minimum Gasteiger partial charge on any atom is -0.462 e. The summed E-state index contributed by atoms with van der Waals surface area (Å²) < 4.78 is 5.45. The topological polar surface area (TPSA) is 26.3 Å². The highest BCUT2D eigenvalue weighted by atomic mass is 16.5. The van der Waals surface area contributed by atoms with Crippen molar-refractivity contribution in [3.05, 3.63) is 12.7 Å². The quantitative estimate of drug-likeness (QED) is 0.535. The molecule has 0 aliphatic heterocycles. The first-order chi connectivity index (χ1) is 7.83. The zero-order chi connectivity index (χ0) is 11.6. The molecule has 0 aromatic rings. The maximum absolute atomic E-state index is 11.4. The fourth-order valence-electron chi connectivity index (χ4n) is 2.24. The predicted molar refractivity (Wildman–Crippen MR) is 66.2 cm³/mol. The highest BCUT2D eigenvalue weighted by Crippen LogP contribution is 2.19. The molecule has 0 heterocycles. The van der Waals surface area contributed by atoms with Crippen molar-refractivity contribution in [2.45, 2.75) is 70.3 Å². The molecular formula is C14H24O2. The largest absolute Gasteiger partial charge is 0.462 e.